The number of rotatable bonds is 2. The van der Waals surface area contributed by atoms with Crippen molar-refractivity contribution in [1.29, 1.82) is 0 Å². The van der Waals surface area contributed by atoms with Crippen molar-refractivity contribution < 1.29 is 9.90 Å². The summed E-state index contributed by atoms with van der Waals surface area (Å²) in [5.74, 6) is -0.360. The molecular formula is C19H15Cl2NO2. The molecule has 1 aliphatic carbocycles. The Balaban J connectivity index is 1.78. The number of nitrogens with one attached hydrogen (secondary N) is 1. The Labute approximate surface area is 149 Å². The molecule has 1 heterocycles. The van der Waals surface area contributed by atoms with E-state index < -0.39 is 5.97 Å². The molecule has 0 spiro atoms. The molecule has 2 aromatic carbocycles. The third-order valence-corrected chi connectivity index (χ3v) is 5.65. The second kappa shape index (κ2) is 5.83. The first-order valence-electron chi connectivity index (χ1n) is 7.80. The molecule has 4 rings (SSSR count). The van der Waals surface area contributed by atoms with Gasteiger partial charge in [0.25, 0.3) is 0 Å². The van der Waals surface area contributed by atoms with Crippen molar-refractivity contribution >= 4 is 34.9 Å². The van der Waals surface area contributed by atoms with E-state index in [2.05, 4.69) is 17.5 Å². The van der Waals surface area contributed by atoms with E-state index in [0.717, 1.165) is 23.2 Å². The van der Waals surface area contributed by atoms with Gasteiger partial charge in [0.05, 0.1) is 21.7 Å². The number of aromatic carboxylic acids is 1. The van der Waals surface area contributed by atoms with Crippen LogP contribution in [-0.4, -0.2) is 11.1 Å². The summed E-state index contributed by atoms with van der Waals surface area (Å²) in [6, 6.07) is 11.1. The predicted octanol–water partition coefficient (Wildman–Crippen LogP) is 5.52. The molecule has 0 saturated carbocycles. The summed E-state index contributed by atoms with van der Waals surface area (Å²) in [5.41, 5.74) is 3.44. The largest absolute Gasteiger partial charge is 0.478 e. The molecule has 1 aliphatic heterocycles. The van der Waals surface area contributed by atoms with Gasteiger partial charge in [-0.2, -0.15) is 0 Å². The Hall–Kier alpha value is -1.97. The molecule has 3 atom stereocenters. The number of carboxylic acids is 1. The minimum atomic E-state index is -0.900. The number of carbonyl (C=O) groups is 1. The highest BCUT2D eigenvalue weighted by atomic mass is 35.5. The van der Waals surface area contributed by atoms with E-state index in [4.69, 9.17) is 23.2 Å². The lowest BCUT2D eigenvalue weighted by molar-refractivity contribution is 0.0696. The third-order valence-electron chi connectivity index (χ3n) is 4.91. The molecule has 0 bridgehead atoms. The number of benzene rings is 2. The summed E-state index contributed by atoms with van der Waals surface area (Å²) < 4.78 is 0. The van der Waals surface area contributed by atoms with Gasteiger partial charge in [0.2, 0.25) is 0 Å². The van der Waals surface area contributed by atoms with E-state index in [0.29, 0.717) is 21.5 Å². The molecule has 2 aromatic rings. The fourth-order valence-corrected chi connectivity index (χ4v) is 4.07. The molecule has 122 valence electrons. The van der Waals surface area contributed by atoms with Crippen LogP contribution in [-0.2, 0) is 0 Å². The number of fused-ring (bicyclic) bond motifs is 3. The van der Waals surface area contributed by atoms with Crippen molar-refractivity contribution in [3.8, 4) is 0 Å². The molecule has 0 saturated heterocycles. The van der Waals surface area contributed by atoms with Crippen molar-refractivity contribution in [1.82, 2.24) is 0 Å². The Morgan fingerprint density at radius 2 is 1.96 bits per heavy atom. The van der Waals surface area contributed by atoms with Crippen LogP contribution in [0.4, 0.5) is 5.69 Å². The van der Waals surface area contributed by atoms with E-state index in [1.54, 1.807) is 12.1 Å². The summed E-state index contributed by atoms with van der Waals surface area (Å²) in [5, 5.41) is 13.9. The fourth-order valence-electron chi connectivity index (χ4n) is 3.76. The van der Waals surface area contributed by atoms with Crippen molar-refractivity contribution in [2.75, 3.05) is 5.32 Å². The zero-order valence-electron chi connectivity index (χ0n) is 12.7. The highest BCUT2D eigenvalue weighted by Gasteiger charge is 2.38. The SMILES string of the molecule is O=C(O)c1ccc2c(c1)[C@@H]1C=CC[C@@H]1[C@H](c1ccc(Cl)c(Cl)c1)N2. The number of anilines is 1. The Morgan fingerprint density at radius 3 is 2.71 bits per heavy atom. The van der Waals surface area contributed by atoms with Crippen LogP contribution in [0.2, 0.25) is 10.0 Å². The number of allylic oxidation sites excluding steroid dienone is 2. The Bertz CT molecular complexity index is 862. The lowest BCUT2D eigenvalue weighted by Gasteiger charge is -2.37. The van der Waals surface area contributed by atoms with Gasteiger partial charge in [0.15, 0.2) is 0 Å². The smallest absolute Gasteiger partial charge is 0.335 e. The first-order chi connectivity index (χ1) is 11.5. The molecular weight excluding hydrogens is 345 g/mol. The average Bonchev–Trinajstić information content (AvgIpc) is 3.06. The molecule has 5 heteroatoms. The summed E-state index contributed by atoms with van der Waals surface area (Å²) in [4.78, 5) is 11.3. The zero-order chi connectivity index (χ0) is 16.8. The highest BCUT2D eigenvalue weighted by molar-refractivity contribution is 6.42. The molecule has 0 aromatic heterocycles. The van der Waals surface area contributed by atoms with Gasteiger partial charge in [-0.3, -0.25) is 0 Å². The number of carboxylic acid groups (broad SMARTS) is 1. The molecule has 24 heavy (non-hydrogen) atoms. The fraction of sp³-hybridized carbons (Fsp3) is 0.211. The number of halogens is 2. The van der Waals surface area contributed by atoms with Gasteiger partial charge in [0.1, 0.15) is 0 Å². The minimum Gasteiger partial charge on any atom is -0.478 e. The van der Waals surface area contributed by atoms with Gasteiger partial charge < -0.3 is 10.4 Å². The topological polar surface area (TPSA) is 49.3 Å². The standard InChI is InChI=1S/C19H15Cl2NO2/c20-15-6-4-10(9-16(15)21)18-13-3-1-2-12(13)14-8-11(19(23)24)5-7-17(14)22-18/h1-2,4-9,12-13,18,22H,3H2,(H,23,24)/t12-,13+,18+/m1/s1. The predicted molar refractivity (Wildman–Crippen MR) is 96.2 cm³/mol. The first kappa shape index (κ1) is 15.6. The van der Waals surface area contributed by atoms with Crippen molar-refractivity contribution in [3.05, 3.63) is 75.3 Å². The number of hydrogen-bond donors (Lipinski definition) is 2. The van der Waals surface area contributed by atoms with Gasteiger partial charge in [0, 0.05) is 11.6 Å². The van der Waals surface area contributed by atoms with Crippen LogP contribution < -0.4 is 5.32 Å². The van der Waals surface area contributed by atoms with E-state index in [9.17, 15) is 9.90 Å². The van der Waals surface area contributed by atoms with E-state index in [1.165, 1.54) is 0 Å². The maximum Gasteiger partial charge on any atom is 0.335 e. The Kier molecular flexibility index (Phi) is 3.78. The van der Waals surface area contributed by atoms with Crippen LogP contribution >= 0.6 is 23.2 Å². The van der Waals surface area contributed by atoms with Gasteiger partial charge in [-0.15, -0.1) is 0 Å². The number of hydrogen-bond acceptors (Lipinski definition) is 2. The molecule has 0 amide bonds. The first-order valence-corrected chi connectivity index (χ1v) is 8.55. The van der Waals surface area contributed by atoms with Crippen LogP contribution in [0.5, 0.6) is 0 Å². The van der Waals surface area contributed by atoms with Crippen molar-refractivity contribution in [3.63, 3.8) is 0 Å². The third kappa shape index (κ3) is 2.48. The molecule has 0 radical (unpaired) electrons. The van der Waals surface area contributed by atoms with Crippen LogP contribution in [0.15, 0.2) is 48.6 Å². The molecule has 0 unspecified atom stereocenters. The van der Waals surface area contributed by atoms with E-state index in [-0.39, 0.29) is 12.0 Å². The zero-order valence-corrected chi connectivity index (χ0v) is 14.2. The normalized spacial score (nSPS) is 24.2. The van der Waals surface area contributed by atoms with E-state index >= 15 is 0 Å². The molecule has 2 aliphatic rings. The summed E-state index contributed by atoms with van der Waals surface area (Å²) in [7, 11) is 0. The maximum absolute atomic E-state index is 11.3. The van der Waals surface area contributed by atoms with Gasteiger partial charge in [-0.25, -0.2) is 4.79 Å². The van der Waals surface area contributed by atoms with Crippen molar-refractivity contribution in [2.24, 2.45) is 5.92 Å². The maximum atomic E-state index is 11.3. The van der Waals surface area contributed by atoms with Crippen LogP contribution in [0, 0.1) is 5.92 Å². The van der Waals surface area contributed by atoms with Gasteiger partial charge >= 0.3 is 5.97 Å². The molecule has 3 nitrogen and oxygen atoms in total. The van der Waals surface area contributed by atoms with Gasteiger partial charge in [-0.05, 0) is 53.8 Å². The molecule has 0 fully saturated rings. The average molecular weight is 360 g/mol. The highest BCUT2D eigenvalue weighted by Crippen LogP contribution is 2.50. The summed E-state index contributed by atoms with van der Waals surface area (Å²) in [6.07, 6.45) is 5.30. The quantitative estimate of drug-likeness (QED) is 0.694. The minimum absolute atomic E-state index is 0.114. The Morgan fingerprint density at radius 1 is 1.12 bits per heavy atom. The monoisotopic (exact) mass is 359 g/mol. The summed E-state index contributed by atoms with van der Waals surface area (Å²) in [6.45, 7) is 0. The molecule has 2 N–H and O–H groups in total. The lowest BCUT2D eigenvalue weighted by Crippen LogP contribution is -2.29. The second-order valence-electron chi connectivity index (χ2n) is 6.26. The second-order valence-corrected chi connectivity index (χ2v) is 7.07. The van der Waals surface area contributed by atoms with Crippen molar-refractivity contribution in [2.45, 2.75) is 18.4 Å². The lowest BCUT2D eigenvalue weighted by atomic mass is 9.76. The van der Waals surface area contributed by atoms with E-state index in [1.807, 2.05) is 24.3 Å². The van der Waals surface area contributed by atoms with Gasteiger partial charge in [-0.1, -0.05) is 41.4 Å². The van der Waals surface area contributed by atoms with Crippen LogP contribution in [0.25, 0.3) is 0 Å². The van der Waals surface area contributed by atoms with Crippen LogP contribution in [0.3, 0.4) is 0 Å². The summed E-state index contributed by atoms with van der Waals surface area (Å²) >= 11 is 12.2. The van der Waals surface area contributed by atoms with Crippen LogP contribution in [0.1, 0.15) is 39.9 Å².